The monoisotopic (exact) mass is 288 g/mol. The molecule has 19 heavy (non-hydrogen) atoms. The number of hydrogen-bond acceptors (Lipinski definition) is 5. The predicted octanol–water partition coefficient (Wildman–Crippen LogP) is 2.03. The minimum atomic E-state index is -2.67. The molecule has 0 saturated carbocycles. The van der Waals surface area contributed by atoms with Gasteiger partial charge in [0.05, 0.1) is 12.3 Å². The van der Waals surface area contributed by atoms with Crippen LogP contribution in [0, 0.1) is 0 Å². The smallest absolute Gasteiger partial charge is 0.373 e. The van der Waals surface area contributed by atoms with Crippen LogP contribution in [-0.2, 0) is 13.3 Å². The topological polar surface area (TPSA) is 34.2 Å². The molecule has 0 aromatic rings. The second-order valence-electron chi connectivity index (χ2n) is 4.54. The fraction of sp³-hybridized carbons (Fsp3) is 0.846. The lowest BCUT2D eigenvalue weighted by Crippen LogP contribution is -2.61. The van der Waals surface area contributed by atoms with Crippen molar-refractivity contribution in [3.8, 4) is 0 Å². The van der Waals surface area contributed by atoms with E-state index in [4.69, 9.17) is 13.3 Å². The van der Waals surface area contributed by atoms with E-state index in [1.54, 1.807) is 0 Å². The van der Waals surface area contributed by atoms with E-state index >= 15 is 0 Å². The molecule has 0 amide bonds. The van der Waals surface area contributed by atoms with Gasteiger partial charge in [0.15, 0.2) is 0 Å². The Morgan fingerprint density at radius 3 is 1.84 bits per heavy atom. The van der Waals surface area contributed by atoms with Gasteiger partial charge in [0, 0.05) is 39.3 Å². The van der Waals surface area contributed by atoms with Crippen molar-refractivity contribution >= 4 is 8.80 Å². The van der Waals surface area contributed by atoms with E-state index in [9.17, 15) is 0 Å². The first-order valence-corrected chi connectivity index (χ1v) is 8.99. The molecule has 1 aliphatic heterocycles. The van der Waals surface area contributed by atoms with Gasteiger partial charge in [-0.2, -0.15) is 0 Å². The fourth-order valence-electron chi connectivity index (χ4n) is 2.46. The van der Waals surface area contributed by atoms with Crippen molar-refractivity contribution in [3.63, 3.8) is 0 Å². The zero-order valence-corrected chi connectivity index (χ0v) is 13.9. The Morgan fingerprint density at radius 2 is 1.53 bits per heavy atom. The van der Waals surface area contributed by atoms with Gasteiger partial charge < -0.3 is 23.1 Å². The molecule has 1 atom stereocenters. The van der Waals surface area contributed by atoms with Crippen LogP contribution in [0.25, 0.3) is 0 Å². The molecule has 5 nitrogen and oxygen atoms in total. The maximum atomic E-state index is 6.01. The van der Waals surface area contributed by atoms with Gasteiger partial charge in [-0.3, -0.25) is 0 Å². The summed E-state index contributed by atoms with van der Waals surface area (Å²) in [6.45, 7) is 10.9. The molecule has 0 aromatic carbocycles. The normalized spacial score (nSPS) is 17.3. The molecule has 0 bridgehead atoms. The van der Waals surface area contributed by atoms with Crippen molar-refractivity contribution < 1.29 is 13.3 Å². The van der Waals surface area contributed by atoms with Gasteiger partial charge in [-0.1, -0.05) is 6.92 Å². The standard InChI is InChI=1S/C13H28N2O3Si/c1-6-13(15-11-10-14(5)12-15)19(16-7-2,17-8-3)18-9-4/h10-11,13H,6-9,12H2,1-5H3. The van der Waals surface area contributed by atoms with Gasteiger partial charge in [0.25, 0.3) is 0 Å². The van der Waals surface area contributed by atoms with E-state index in [-0.39, 0.29) is 5.67 Å². The SMILES string of the molecule is CCO[Si](OCC)(OCC)C(CC)N1C=CN(C)C1. The highest BCUT2D eigenvalue weighted by Gasteiger charge is 2.51. The molecule has 0 N–H and O–H groups in total. The second kappa shape index (κ2) is 7.89. The van der Waals surface area contributed by atoms with Crippen molar-refractivity contribution in [3.05, 3.63) is 12.4 Å². The van der Waals surface area contributed by atoms with Gasteiger partial charge in [0.2, 0.25) is 0 Å². The summed E-state index contributed by atoms with van der Waals surface area (Å²) in [5, 5.41) is 0. The summed E-state index contributed by atoms with van der Waals surface area (Å²) in [5.74, 6) is 0. The minimum absolute atomic E-state index is 0.175. The molecule has 1 heterocycles. The van der Waals surface area contributed by atoms with E-state index in [1.807, 2.05) is 20.8 Å². The zero-order valence-electron chi connectivity index (χ0n) is 12.9. The maximum absolute atomic E-state index is 6.01. The van der Waals surface area contributed by atoms with Crippen molar-refractivity contribution in [2.75, 3.05) is 33.5 Å². The molecule has 1 rings (SSSR count). The van der Waals surface area contributed by atoms with Crippen LogP contribution in [0.4, 0.5) is 0 Å². The van der Waals surface area contributed by atoms with Crippen LogP contribution in [-0.4, -0.2) is 57.8 Å². The Bertz CT molecular complexity index is 272. The van der Waals surface area contributed by atoms with Crippen LogP contribution in [0.5, 0.6) is 0 Å². The highest BCUT2D eigenvalue weighted by Crippen LogP contribution is 2.25. The van der Waals surface area contributed by atoms with Gasteiger partial charge in [-0.05, 0) is 27.2 Å². The first-order chi connectivity index (χ1) is 9.13. The van der Waals surface area contributed by atoms with Crippen LogP contribution >= 0.6 is 0 Å². The van der Waals surface area contributed by atoms with Gasteiger partial charge in [0.1, 0.15) is 0 Å². The quantitative estimate of drug-likeness (QED) is 0.607. The third-order valence-electron chi connectivity index (χ3n) is 3.13. The maximum Gasteiger partial charge on any atom is 0.524 e. The second-order valence-corrected chi connectivity index (χ2v) is 7.28. The summed E-state index contributed by atoms with van der Waals surface area (Å²) in [7, 11) is -0.608. The summed E-state index contributed by atoms with van der Waals surface area (Å²) in [6.07, 6.45) is 5.13. The summed E-state index contributed by atoms with van der Waals surface area (Å²) < 4.78 is 18.0. The minimum Gasteiger partial charge on any atom is -0.373 e. The van der Waals surface area contributed by atoms with Crippen molar-refractivity contribution in [1.82, 2.24) is 9.80 Å². The molecular weight excluding hydrogens is 260 g/mol. The Balaban J connectivity index is 2.93. The summed E-state index contributed by atoms with van der Waals surface area (Å²) in [6, 6.07) is 0. The van der Waals surface area contributed by atoms with Gasteiger partial charge in [-0.15, -0.1) is 0 Å². The third-order valence-corrected chi connectivity index (χ3v) is 6.76. The lowest BCUT2D eigenvalue weighted by Gasteiger charge is -2.39. The van der Waals surface area contributed by atoms with Crippen LogP contribution in [0.1, 0.15) is 34.1 Å². The van der Waals surface area contributed by atoms with Crippen LogP contribution < -0.4 is 0 Å². The van der Waals surface area contributed by atoms with Gasteiger partial charge in [-0.25, -0.2) is 0 Å². The molecule has 0 radical (unpaired) electrons. The first-order valence-electron chi connectivity index (χ1n) is 7.19. The molecule has 0 fully saturated rings. The molecule has 1 unspecified atom stereocenters. The lowest BCUT2D eigenvalue weighted by molar-refractivity contribution is 0.0401. The van der Waals surface area contributed by atoms with Crippen LogP contribution in [0.2, 0.25) is 0 Å². The Morgan fingerprint density at radius 1 is 1.00 bits per heavy atom. The first kappa shape index (κ1) is 16.5. The molecule has 0 aromatic heterocycles. The lowest BCUT2D eigenvalue weighted by atomic mass is 10.4. The van der Waals surface area contributed by atoms with E-state index in [0.717, 1.165) is 13.1 Å². The number of nitrogens with zero attached hydrogens (tertiary/aromatic N) is 2. The van der Waals surface area contributed by atoms with Gasteiger partial charge >= 0.3 is 8.80 Å². The average molecular weight is 288 g/mol. The van der Waals surface area contributed by atoms with Crippen molar-refractivity contribution in [1.29, 1.82) is 0 Å². The molecule has 112 valence electrons. The third kappa shape index (κ3) is 3.95. The molecule has 1 aliphatic rings. The predicted molar refractivity (Wildman–Crippen MR) is 78.3 cm³/mol. The fourth-order valence-corrected chi connectivity index (χ4v) is 5.57. The van der Waals surface area contributed by atoms with E-state index in [2.05, 4.69) is 36.2 Å². The van der Waals surface area contributed by atoms with E-state index < -0.39 is 8.80 Å². The molecule has 0 spiro atoms. The van der Waals surface area contributed by atoms with E-state index in [1.165, 1.54) is 0 Å². The molecular formula is C13H28N2O3Si. The molecule has 0 aliphatic carbocycles. The molecule has 0 saturated heterocycles. The van der Waals surface area contributed by atoms with E-state index in [0.29, 0.717) is 19.8 Å². The summed E-state index contributed by atoms with van der Waals surface area (Å²) >= 11 is 0. The Hall–Kier alpha value is -0.563. The largest absolute Gasteiger partial charge is 0.524 e. The summed E-state index contributed by atoms with van der Waals surface area (Å²) in [5.41, 5.74) is 0.175. The Labute approximate surface area is 118 Å². The zero-order chi connectivity index (χ0) is 14.3. The number of hydrogen-bond donors (Lipinski definition) is 0. The van der Waals surface area contributed by atoms with Crippen molar-refractivity contribution in [2.24, 2.45) is 0 Å². The summed E-state index contributed by atoms with van der Waals surface area (Å²) in [4.78, 5) is 4.42. The average Bonchev–Trinajstić information content (AvgIpc) is 2.77. The van der Waals surface area contributed by atoms with Crippen molar-refractivity contribution in [2.45, 2.75) is 39.8 Å². The Kier molecular flexibility index (Phi) is 6.85. The highest BCUT2D eigenvalue weighted by molar-refractivity contribution is 6.62. The molecule has 6 heteroatoms. The number of rotatable bonds is 9. The highest BCUT2D eigenvalue weighted by atomic mass is 28.4. The van der Waals surface area contributed by atoms with Crippen LogP contribution in [0.15, 0.2) is 12.4 Å². The van der Waals surface area contributed by atoms with Crippen LogP contribution in [0.3, 0.4) is 0 Å².